The zero-order chi connectivity index (χ0) is 21.8. The number of fused-ring (bicyclic) bond motifs is 1. The number of esters is 1. The minimum absolute atomic E-state index is 0.217. The molecule has 2 rings (SSSR count). The van der Waals surface area contributed by atoms with E-state index in [1.165, 1.54) is 0 Å². The lowest BCUT2D eigenvalue weighted by Gasteiger charge is -2.21. The lowest BCUT2D eigenvalue weighted by Crippen LogP contribution is -2.33. The molecule has 0 N–H and O–H groups in total. The molecular weight excluding hydrogens is 396 g/mol. The van der Waals surface area contributed by atoms with E-state index < -0.39 is 21.7 Å². The summed E-state index contributed by atoms with van der Waals surface area (Å²) in [6, 6.07) is 5.20. The van der Waals surface area contributed by atoms with Crippen LogP contribution in [0.5, 0.6) is 5.75 Å². The molecular formula is C20H30N2O6S. The molecule has 29 heavy (non-hydrogen) atoms. The smallest absolute Gasteiger partial charge is 0.366 e. The number of carbonyl (C=O) groups is 1. The van der Waals surface area contributed by atoms with Crippen molar-refractivity contribution in [2.75, 3.05) is 41.0 Å². The van der Waals surface area contributed by atoms with Gasteiger partial charge >= 0.3 is 16.3 Å². The van der Waals surface area contributed by atoms with Crippen LogP contribution in [0.4, 0.5) is 0 Å². The maximum absolute atomic E-state index is 12.9. The number of carbonyl (C=O) groups excluding carboxylic acids is 1. The third-order valence-corrected chi connectivity index (χ3v) is 5.73. The van der Waals surface area contributed by atoms with Gasteiger partial charge < -0.3 is 14.4 Å². The molecule has 0 saturated heterocycles. The molecule has 0 aliphatic rings. The summed E-state index contributed by atoms with van der Waals surface area (Å²) in [4.78, 5) is 14.1. The van der Waals surface area contributed by atoms with Crippen molar-refractivity contribution in [3.63, 3.8) is 0 Å². The highest BCUT2D eigenvalue weighted by molar-refractivity contribution is 7.85. The van der Waals surface area contributed by atoms with E-state index in [0.29, 0.717) is 17.7 Å². The Morgan fingerprint density at radius 2 is 1.93 bits per heavy atom. The molecule has 0 spiro atoms. The van der Waals surface area contributed by atoms with Gasteiger partial charge in [-0.1, -0.05) is 0 Å². The highest BCUT2D eigenvalue weighted by atomic mass is 32.2. The maximum Gasteiger partial charge on any atom is 0.366 e. The third kappa shape index (κ3) is 5.49. The molecule has 9 heteroatoms. The van der Waals surface area contributed by atoms with Gasteiger partial charge in [0.1, 0.15) is 5.75 Å². The van der Waals surface area contributed by atoms with Crippen LogP contribution in [-0.4, -0.2) is 64.2 Å². The summed E-state index contributed by atoms with van der Waals surface area (Å²) in [7, 11) is 1.32. The van der Waals surface area contributed by atoms with Crippen molar-refractivity contribution in [2.45, 2.75) is 27.2 Å². The lowest BCUT2D eigenvalue weighted by atomic mass is 9.95. The summed E-state index contributed by atoms with van der Waals surface area (Å²) >= 11 is 0. The molecule has 0 unspecified atom stereocenters. The molecule has 0 aliphatic carbocycles. The van der Waals surface area contributed by atoms with E-state index in [4.69, 9.17) is 13.7 Å². The van der Waals surface area contributed by atoms with Gasteiger partial charge in [-0.25, -0.2) is 3.97 Å². The van der Waals surface area contributed by atoms with E-state index in [0.717, 1.165) is 21.5 Å². The molecule has 2 aromatic rings. The average molecular weight is 427 g/mol. The molecule has 0 radical (unpaired) electrons. The normalized spacial score (nSPS) is 12.5. The number of ether oxygens (including phenoxy) is 2. The number of likely N-dealkylation sites (N-methyl/N-ethyl adjacent to an activating group) is 1. The van der Waals surface area contributed by atoms with Crippen molar-refractivity contribution in [2.24, 2.45) is 5.41 Å². The number of nitrogens with zero attached hydrogens (tertiary/aromatic N) is 2. The number of hydrogen-bond acceptors (Lipinski definition) is 7. The van der Waals surface area contributed by atoms with Crippen LogP contribution < -0.4 is 4.74 Å². The lowest BCUT2D eigenvalue weighted by molar-refractivity contribution is -0.154. The highest BCUT2D eigenvalue weighted by Gasteiger charge is 2.33. The SMILES string of the molecule is CCOC(=O)C(C)(C)COS(=O)(=O)n1cc(CCN(C)C)c2cc(OC)ccc21. The Labute approximate surface area is 172 Å². The summed E-state index contributed by atoms with van der Waals surface area (Å²) in [6.45, 7) is 5.52. The number of methoxy groups -OCH3 is 1. The van der Waals surface area contributed by atoms with Crippen LogP contribution in [0, 0.1) is 5.41 Å². The number of rotatable bonds is 10. The third-order valence-electron chi connectivity index (χ3n) is 4.53. The Hall–Kier alpha value is -2.10. The quantitative estimate of drug-likeness (QED) is 0.539. The summed E-state index contributed by atoms with van der Waals surface area (Å²) in [5.41, 5.74) is 0.265. The van der Waals surface area contributed by atoms with Crippen molar-refractivity contribution < 1.29 is 26.9 Å². The van der Waals surface area contributed by atoms with E-state index >= 15 is 0 Å². The maximum atomic E-state index is 12.9. The first-order valence-corrected chi connectivity index (χ1v) is 10.8. The minimum atomic E-state index is -4.15. The Morgan fingerprint density at radius 1 is 1.24 bits per heavy atom. The molecule has 0 amide bonds. The van der Waals surface area contributed by atoms with Gasteiger partial charge in [-0.15, -0.1) is 0 Å². The first-order valence-electron chi connectivity index (χ1n) is 9.41. The van der Waals surface area contributed by atoms with E-state index in [1.54, 1.807) is 46.2 Å². The van der Waals surface area contributed by atoms with Gasteiger partial charge in [0.25, 0.3) is 0 Å². The first-order chi connectivity index (χ1) is 13.5. The standard InChI is InChI=1S/C20H30N2O6S/c1-7-27-19(23)20(2,3)14-28-29(24,25)22-13-15(10-11-21(4)5)17-12-16(26-6)8-9-18(17)22/h8-9,12-13H,7,10-11,14H2,1-6H3. The van der Waals surface area contributed by atoms with E-state index in [9.17, 15) is 13.2 Å². The second kappa shape index (κ2) is 9.15. The Kier molecular flexibility index (Phi) is 7.31. The van der Waals surface area contributed by atoms with Gasteiger partial charge in [0.2, 0.25) is 0 Å². The van der Waals surface area contributed by atoms with E-state index in [2.05, 4.69) is 0 Å². The molecule has 162 valence electrons. The fourth-order valence-electron chi connectivity index (χ4n) is 2.76. The van der Waals surface area contributed by atoms with Crippen LogP contribution in [0.15, 0.2) is 24.4 Å². The van der Waals surface area contributed by atoms with Crippen LogP contribution in [0.2, 0.25) is 0 Å². The Balaban J connectivity index is 2.39. The molecule has 8 nitrogen and oxygen atoms in total. The number of benzene rings is 1. The van der Waals surface area contributed by atoms with Crippen LogP contribution in [-0.2, 0) is 30.4 Å². The molecule has 0 bridgehead atoms. The van der Waals surface area contributed by atoms with Crippen molar-refractivity contribution in [3.05, 3.63) is 30.0 Å². The summed E-state index contributed by atoms with van der Waals surface area (Å²) in [6.07, 6.45) is 2.23. The van der Waals surface area contributed by atoms with Gasteiger partial charge in [-0.05, 0) is 65.0 Å². The summed E-state index contributed by atoms with van der Waals surface area (Å²) in [5.74, 6) is 0.132. The summed E-state index contributed by atoms with van der Waals surface area (Å²) in [5, 5.41) is 0.781. The Morgan fingerprint density at radius 3 is 2.52 bits per heavy atom. The van der Waals surface area contributed by atoms with Gasteiger partial charge in [0.05, 0.1) is 31.3 Å². The number of aromatic nitrogens is 1. The molecule has 1 aromatic carbocycles. The zero-order valence-electron chi connectivity index (χ0n) is 17.9. The second-order valence-electron chi connectivity index (χ2n) is 7.71. The zero-order valence-corrected chi connectivity index (χ0v) is 18.7. The fraction of sp³-hybridized carbons (Fsp3) is 0.550. The number of hydrogen-bond donors (Lipinski definition) is 0. The van der Waals surface area contributed by atoms with Crippen LogP contribution in [0.25, 0.3) is 10.9 Å². The average Bonchev–Trinajstić information content (AvgIpc) is 3.03. The first kappa shape index (κ1) is 23.2. The highest BCUT2D eigenvalue weighted by Crippen LogP contribution is 2.29. The van der Waals surface area contributed by atoms with Crippen molar-refractivity contribution in [1.82, 2.24) is 8.87 Å². The van der Waals surface area contributed by atoms with Crippen molar-refractivity contribution in [3.8, 4) is 5.75 Å². The van der Waals surface area contributed by atoms with Crippen molar-refractivity contribution in [1.29, 1.82) is 0 Å². The largest absolute Gasteiger partial charge is 0.497 e. The van der Waals surface area contributed by atoms with E-state index in [1.807, 2.05) is 25.1 Å². The molecule has 1 aromatic heterocycles. The van der Waals surface area contributed by atoms with Crippen molar-refractivity contribution >= 4 is 27.2 Å². The summed E-state index contributed by atoms with van der Waals surface area (Å²) < 4.78 is 42.5. The van der Waals surface area contributed by atoms with E-state index in [-0.39, 0.29) is 13.2 Å². The molecule has 0 fully saturated rings. The monoisotopic (exact) mass is 426 g/mol. The topological polar surface area (TPSA) is 87.1 Å². The van der Waals surface area contributed by atoms with Gasteiger partial charge in [-0.3, -0.25) is 8.98 Å². The molecule has 0 saturated carbocycles. The Bertz CT molecular complexity index is 963. The van der Waals surface area contributed by atoms with Gasteiger partial charge in [0, 0.05) is 18.1 Å². The van der Waals surface area contributed by atoms with Crippen LogP contribution in [0.1, 0.15) is 26.3 Å². The van der Waals surface area contributed by atoms with Gasteiger partial charge in [0.15, 0.2) is 0 Å². The fourth-order valence-corrected chi connectivity index (χ4v) is 3.98. The minimum Gasteiger partial charge on any atom is -0.497 e. The van der Waals surface area contributed by atoms with Gasteiger partial charge in [-0.2, -0.15) is 8.42 Å². The second-order valence-corrected chi connectivity index (χ2v) is 9.20. The van der Waals surface area contributed by atoms with Crippen LogP contribution >= 0.6 is 0 Å². The van der Waals surface area contributed by atoms with Crippen LogP contribution in [0.3, 0.4) is 0 Å². The predicted molar refractivity (Wildman–Crippen MR) is 111 cm³/mol. The molecule has 1 heterocycles. The predicted octanol–water partition coefficient (Wildman–Crippen LogP) is 2.45. The molecule has 0 atom stereocenters. The molecule has 0 aliphatic heterocycles.